The van der Waals surface area contributed by atoms with Crippen LogP contribution in [0.5, 0.6) is 0 Å². The summed E-state index contributed by atoms with van der Waals surface area (Å²) in [6.45, 7) is 4.61. The molecule has 1 heterocycles. The molecular formula is C17H27N3O. The molecule has 1 aromatic rings. The lowest BCUT2D eigenvalue weighted by Gasteiger charge is -2.33. The normalized spacial score (nSPS) is 18.2. The summed E-state index contributed by atoms with van der Waals surface area (Å²) in [5.41, 5.74) is 2.16. The van der Waals surface area contributed by atoms with Gasteiger partial charge in [0.05, 0.1) is 6.42 Å². The molecule has 0 aliphatic carbocycles. The zero-order chi connectivity index (χ0) is 15.2. The third-order valence-corrected chi connectivity index (χ3v) is 4.50. The molecule has 1 amide bonds. The van der Waals surface area contributed by atoms with E-state index in [2.05, 4.69) is 35.6 Å². The Balaban J connectivity index is 2.00. The maximum atomic E-state index is 11.6. The number of amides is 1. The Kier molecular flexibility index (Phi) is 5.62. The summed E-state index contributed by atoms with van der Waals surface area (Å²) >= 11 is 0. The third kappa shape index (κ3) is 4.46. The van der Waals surface area contributed by atoms with Gasteiger partial charge < -0.3 is 15.5 Å². The van der Waals surface area contributed by atoms with E-state index in [1.807, 2.05) is 18.2 Å². The summed E-state index contributed by atoms with van der Waals surface area (Å²) in [6, 6.07) is 8.55. The Hall–Kier alpha value is -1.55. The maximum Gasteiger partial charge on any atom is 0.224 e. The number of nitrogens with one attached hydrogen (secondary N) is 2. The van der Waals surface area contributed by atoms with E-state index in [-0.39, 0.29) is 5.91 Å². The van der Waals surface area contributed by atoms with Crippen LogP contribution in [-0.2, 0) is 11.2 Å². The van der Waals surface area contributed by atoms with E-state index in [4.69, 9.17) is 0 Å². The van der Waals surface area contributed by atoms with Crippen LogP contribution < -0.4 is 10.6 Å². The van der Waals surface area contributed by atoms with Gasteiger partial charge in [-0.25, -0.2) is 0 Å². The van der Waals surface area contributed by atoms with Crippen molar-refractivity contribution in [1.29, 1.82) is 0 Å². The van der Waals surface area contributed by atoms with E-state index < -0.39 is 0 Å². The minimum Gasteiger partial charge on any atom is -0.382 e. The van der Waals surface area contributed by atoms with Gasteiger partial charge in [-0.3, -0.25) is 4.79 Å². The van der Waals surface area contributed by atoms with E-state index in [0.29, 0.717) is 18.4 Å². The molecule has 4 nitrogen and oxygen atoms in total. The van der Waals surface area contributed by atoms with E-state index >= 15 is 0 Å². The van der Waals surface area contributed by atoms with Crippen molar-refractivity contribution in [1.82, 2.24) is 10.2 Å². The second-order valence-corrected chi connectivity index (χ2v) is 6.08. The molecule has 1 aromatic carbocycles. The number of hydrogen-bond acceptors (Lipinski definition) is 3. The Morgan fingerprint density at radius 3 is 2.67 bits per heavy atom. The first-order valence-electron chi connectivity index (χ1n) is 7.83. The monoisotopic (exact) mass is 289 g/mol. The maximum absolute atomic E-state index is 11.6. The van der Waals surface area contributed by atoms with E-state index in [9.17, 15) is 4.79 Å². The third-order valence-electron chi connectivity index (χ3n) is 4.50. The van der Waals surface area contributed by atoms with Gasteiger partial charge in [0.15, 0.2) is 0 Å². The predicted octanol–water partition coefficient (Wildman–Crippen LogP) is 2.12. The van der Waals surface area contributed by atoms with Gasteiger partial charge in [-0.2, -0.15) is 0 Å². The number of para-hydroxylation sites is 1. The molecule has 1 unspecified atom stereocenters. The summed E-state index contributed by atoms with van der Waals surface area (Å²) in [5.74, 6) is 0.755. The summed E-state index contributed by atoms with van der Waals surface area (Å²) < 4.78 is 0. The van der Waals surface area contributed by atoms with Crippen LogP contribution in [0.4, 0.5) is 5.69 Å². The molecule has 116 valence electrons. The largest absolute Gasteiger partial charge is 0.382 e. The predicted molar refractivity (Wildman–Crippen MR) is 87.5 cm³/mol. The highest BCUT2D eigenvalue weighted by molar-refractivity contribution is 5.80. The standard InChI is InChI=1S/C17H27N3O/c1-13(14-8-10-20(3)11-9-14)19-16-7-5-4-6-15(16)12-17(21)18-2/h4-7,13-14,19H,8-12H2,1-3H3,(H,18,21). The number of nitrogens with zero attached hydrogens (tertiary/aromatic N) is 1. The minimum absolute atomic E-state index is 0.0520. The number of carbonyl (C=O) groups is 1. The van der Waals surface area contributed by atoms with E-state index in [0.717, 1.165) is 11.3 Å². The number of carbonyl (C=O) groups excluding carboxylic acids is 1. The molecule has 0 saturated carbocycles. The Morgan fingerprint density at radius 2 is 2.00 bits per heavy atom. The summed E-state index contributed by atoms with van der Waals surface area (Å²) in [6.07, 6.45) is 2.91. The van der Waals surface area contributed by atoms with Gasteiger partial charge >= 0.3 is 0 Å². The quantitative estimate of drug-likeness (QED) is 0.872. The van der Waals surface area contributed by atoms with Crippen LogP contribution in [0.3, 0.4) is 0 Å². The molecule has 0 spiro atoms. The van der Waals surface area contributed by atoms with Gasteiger partial charge in [0.1, 0.15) is 0 Å². The van der Waals surface area contributed by atoms with Crippen molar-refractivity contribution in [2.75, 3.05) is 32.5 Å². The van der Waals surface area contributed by atoms with Crippen LogP contribution in [0.2, 0.25) is 0 Å². The van der Waals surface area contributed by atoms with Crippen LogP contribution >= 0.6 is 0 Å². The first-order valence-corrected chi connectivity index (χ1v) is 7.83. The average molecular weight is 289 g/mol. The van der Waals surface area contributed by atoms with Crippen molar-refractivity contribution in [2.45, 2.75) is 32.2 Å². The fraction of sp³-hybridized carbons (Fsp3) is 0.588. The van der Waals surface area contributed by atoms with Crippen molar-refractivity contribution in [3.8, 4) is 0 Å². The van der Waals surface area contributed by atoms with Gasteiger partial charge in [0, 0.05) is 18.8 Å². The lowest BCUT2D eigenvalue weighted by molar-refractivity contribution is -0.119. The van der Waals surface area contributed by atoms with Gasteiger partial charge in [-0.05, 0) is 57.5 Å². The van der Waals surface area contributed by atoms with Gasteiger partial charge in [-0.1, -0.05) is 18.2 Å². The van der Waals surface area contributed by atoms with Crippen molar-refractivity contribution in [3.05, 3.63) is 29.8 Å². The molecule has 1 aliphatic heterocycles. The molecule has 21 heavy (non-hydrogen) atoms. The van der Waals surface area contributed by atoms with Crippen molar-refractivity contribution in [3.63, 3.8) is 0 Å². The molecule has 1 fully saturated rings. The molecule has 0 bridgehead atoms. The summed E-state index contributed by atoms with van der Waals surface area (Å²) in [5, 5.41) is 6.32. The first kappa shape index (κ1) is 15.8. The number of rotatable bonds is 5. The highest BCUT2D eigenvalue weighted by atomic mass is 16.1. The van der Waals surface area contributed by atoms with Gasteiger partial charge in [0.2, 0.25) is 5.91 Å². The molecule has 1 aliphatic rings. The second-order valence-electron chi connectivity index (χ2n) is 6.08. The number of anilines is 1. The zero-order valence-electron chi connectivity index (χ0n) is 13.4. The number of likely N-dealkylation sites (N-methyl/N-ethyl adjacent to an activating group) is 1. The van der Waals surface area contributed by atoms with Crippen LogP contribution in [0, 0.1) is 5.92 Å². The molecule has 2 rings (SSSR count). The highest BCUT2D eigenvalue weighted by Gasteiger charge is 2.22. The number of piperidine rings is 1. The molecule has 2 N–H and O–H groups in total. The fourth-order valence-electron chi connectivity index (χ4n) is 2.97. The summed E-state index contributed by atoms with van der Waals surface area (Å²) in [4.78, 5) is 14.0. The summed E-state index contributed by atoms with van der Waals surface area (Å²) in [7, 11) is 3.87. The van der Waals surface area contributed by atoms with Crippen LogP contribution in [-0.4, -0.2) is 44.0 Å². The molecule has 4 heteroatoms. The molecule has 1 saturated heterocycles. The Labute approximate surface area is 127 Å². The Bertz CT molecular complexity index is 467. The van der Waals surface area contributed by atoms with Crippen LogP contribution in [0.1, 0.15) is 25.3 Å². The molecule has 1 atom stereocenters. The fourth-order valence-corrected chi connectivity index (χ4v) is 2.97. The minimum atomic E-state index is 0.0520. The SMILES string of the molecule is CNC(=O)Cc1ccccc1NC(C)C1CCN(C)CC1. The first-order chi connectivity index (χ1) is 10.1. The molecular weight excluding hydrogens is 262 g/mol. The van der Waals surface area contributed by atoms with E-state index in [1.165, 1.54) is 25.9 Å². The topological polar surface area (TPSA) is 44.4 Å². The van der Waals surface area contributed by atoms with Gasteiger partial charge in [0.25, 0.3) is 0 Å². The second kappa shape index (κ2) is 7.46. The lowest BCUT2D eigenvalue weighted by Crippen LogP contribution is -2.37. The molecule has 0 aromatic heterocycles. The zero-order valence-corrected chi connectivity index (χ0v) is 13.4. The smallest absolute Gasteiger partial charge is 0.224 e. The van der Waals surface area contributed by atoms with Crippen molar-refractivity contribution >= 4 is 11.6 Å². The highest BCUT2D eigenvalue weighted by Crippen LogP contribution is 2.24. The molecule has 0 radical (unpaired) electrons. The number of benzene rings is 1. The average Bonchev–Trinajstić information content (AvgIpc) is 2.49. The number of hydrogen-bond donors (Lipinski definition) is 2. The van der Waals surface area contributed by atoms with Crippen molar-refractivity contribution in [2.24, 2.45) is 5.92 Å². The number of likely N-dealkylation sites (tertiary alicyclic amines) is 1. The van der Waals surface area contributed by atoms with Crippen LogP contribution in [0.15, 0.2) is 24.3 Å². The van der Waals surface area contributed by atoms with E-state index in [1.54, 1.807) is 7.05 Å². The van der Waals surface area contributed by atoms with Gasteiger partial charge in [-0.15, -0.1) is 0 Å². The Morgan fingerprint density at radius 1 is 1.33 bits per heavy atom. The van der Waals surface area contributed by atoms with Crippen molar-refractivity contribution < 1.29 is 4.79 Å². The van der Waals surface area contributed by atoms with Crippen LogP contribution in [0.25, 0.3) is 0 Å². The lowest BCUT2D eigenvalue weighted by atomic mass is 9.90.